The zero-order chi connectivity index (χ0) is 24.8. The van der Waals surface area contributed by atoms with Gasteiger partial charge in [0.15, 0.2) is 25.0 Å². The van der Waals surface area contributed by atoms with E-state index in [0.717, 1.165) is 0 Å². The lowest BCUT2D eigenvalue weighted by Crippen LogP contribution is -2.60. The molecule has 0 aromatic rings. The maximum Gasteiger partial charge on any atom is 0.257 e. The molecule has 0 rings (SSSR count). The highest BCUT2D eigenvalue weighted by atomic mass is 32.2. The molecule has 0 heterocycles. The zero-order valence-corrected chi connectivity index (χ0v) is 26.9. The molecule has 0 radical (unpaired) electrons. The highest BCUT2D eigenvalue weighted by Gasteiger charge is 2.36. The Labute approximate surface area is 196 Å². The van der Waals surface area contributed by atoms with Gasteiger partial charge in [-0.05, 0) is 91.5 Å². The summed E-state index contributed by atoms with van der Waals surface area (Å²) in [6.07, 6.45) is 0.460. The highest BCUT2D eigenvalue weighted by molar-refractivity contribution is 7.87. The van der Waals surface area contributed by atoms with Crippen molar-refractivity contribution in [3.63, 3.8) is 0 Å². The minimum Gasteiger partial charge on any atom is -0.416 e. The lowest BCUT2D eigenvalue weighted by atomic mass is 10.0. The third kappa shape index (κ3) is 18.7. The summed E-state index contributed by atoms with van der Waals surface area (Å²) < 4.78 is 48.8. The van der Waals surface area contributed by atoms with Crippen LogP contribution in [0.3, 0.4) is 0 Å². The molecule has 0 unspecified atom stereocenters. The quantitative estimate of drug-likeness (QED) is 0.233. The van der Waals surface area contributed by atoms with Crippen molar-refractivity contribution < 1.29 is 25.6 Å². The minimum absolute atomic E-state index is 0.00101. The van der Waals surface area contributed by atoms with Gasteiger partial charge < -0.3 is 22.5 Å². The Kier molecular flexibility index (Phi) is 12.1. The van der Waals surface area contributed by atoms with E-state index in [-0.39, 0.29) is 5.75 Å². The van der Waals surface area contributed by atoms with Gasteiger partial charge in [-0.3, -0.25) is 0 Å². The van der Waals surface area contributed by atoms with Crippen molar-refractivity contribution in [2.75, 3.05) is 32.1 Å². The van der Waals surface area contributed by atoms with Crippen LogP contribution < -0.4 is 5.32 Å². The van der Waals surface area contributed by atoms with Gasteiger partial charge in [0.05, 0.1) is 31.1 Å². The third-order valence-corrected chi connectivity index (χ3v) is 10.6. The van der Waals surface area contributed by atoms with Crippen molar-refractivity contribution in [2.45, 2.75) is 90.5 Å². The summed E-state index contributed by atoms with van der Waals surface area (Å²) in [6.45, 7) is 27.1. The Hall–Kier alpha value is 0.618. The van der Waals surface area contributed by atoms with E-state index in [0.29, 0.717) is 32.8 Å². The van der Waals surface area contributed by atoms with Crippen LogP contribution in [-0.4, -0.2) is 79.3 Å². The average Bonchev–Trinajstić information content (AvgIpc) is 2.47. The van der Waals surface area contributed by atoms with E-state index < -0.39 is 48.9 Å². The number of nitrogens with one attached hydrogen (secondary N) is 1. The van der Waals surface area contributed by atoms with Crippen LogP contribution in [0, 0.1) is 0 Å². The van der Waals surface area contributed by atoms with Crippen molar-refractivity contribution in [1.29, 1.82) is 0 Å². The van der Waals surface area contributed by atoms with Crippen LogP contribution >= 0.6 is 0 Å². The van der Waals surface area contributed by atoms with Gasteiger partial charge in [-0.15, -0.1) is 0 Å². The van der Waals surface area contributed by atoms with Crippen molar-refractivity contribution >= 4 is 43.4 Å². The van der Waals surface area contributed by atoms with Crippen molar-refractivity contribution in [2.24, 2.45) is 0 Å². The molecule has 0 bridgehead atoms. The fourth-order valence-electron chi connectivity index (χ4n) is 2.37. The van der Waals surface area contributed by atoms with Gasteiger partial charge in [0.25, 0.3) is 10.1 Å². The van der Waals surface area contributed by atoms with Gasteiger partial charge in [0.2, 0.25) is 8.32 Å². The van der Waals surface area contributed by atoms with Gasteiger partial charge >= 0.3 is 0 Å². The largest absolute Gasteiger partial charge is 0.416 e. The molecule has 0 atom stereocenters. The van der Waals surface area contributed by atoms with Crippen LogP contribution in [0.15, 0.2) is 0 Å². The van der Waals surface area contributed by atoms with E-state index in [1.165, 1.54) is 0 Å². The monoisotopic (exact) mass is 531 g/mol. The first kappa shape index (κ1) is 31.6. The molecule has 31 heavy (non-hydrogen) atoms. The maximum absolute atomic E-state index is 12.3. The maximum atomic E-state index is 12.3. The summed E-state index contributed by atoms with van der Waals surface area (Å²) >= 11 is 0. The molecule has 0 aromatic carbocycles. The molecule has 7 nitrogen and oxygen atoms in total. The summed E-state index contributed by atoms with van der Waals surface area (Å²) in [5, 5.41) is 3.57. The van der Waals surface area contributed by atoms with Crippen LogP contribution in [0.25, 0.3) is 0 Å². The predicted octanol–water partition coefficient (Wildman–Crippen LogP) is 4.44. The summed E-state index contributed by atoms with van der Waals surface area (Å²) in [5.41, 5.74) is -0.510. The topological polar surface area (TPSA) is 83.1 Å². The Morgan fingerprint density at radius 1 is 0.645 bits per heavy atom. The molecule has 0 saturated heterocycles. The van der Waals surface area contributed by atoms with Crippen molar-refractivity contribution in [3.05, 3.63) is 0 Å². The van der Waals surface area contributed by atoms with Crippen molar-refractivity contribution in [1.82, 2.24) is 5.32 Å². The Morgan fingerprint density at radius 3 is 1.29 bits per heavy atom. The first-order chi connectivity index (χ1) is 13.5. The predicted molar refractivity (Wildman–Crippen MR) is 141 cm³/mol. The standard InChI is InChI=1S/C19H49NO6SSi4/c1-28(2,3)23-16-19(17-24-29(4,5)6,18-25-30(7,8)9)20-14-13-15-27(21,22)26-31(10,11)12/h20H,13-18H2,1-12H3. The normalized spacial score (nSPS) is 14.8. The van der Waals surface area contributed by atoms with Gasteiger partial charge in [-0.1, -0.05) is 0 Å². The van der Waals surface area contributed by atoms with E-state index in [2.05, 4.69) is 64.2 Å². The van der Waals surface area contributed by atoms with Crippen LogP contribution in [0.5, 0.6) is 0 Å². The van der Waals surface area contributed by atoms with Gasteiger partial charge in [0.1, 0.15) is 0 Å². The molecule has 1 N–H and O–H groups in total. The molecular formula is C19H49NO6SSi4. The lowest BCUT2D eigenvalue weighted by molar-refractivity contribution is 0.0615. The summed E-state index contributed by atoms with van der Waals surface area (Å²) in [7, 11) is -10.9. The molecule has 188 valence electrons. The second-order valence-electron chi connectivity index (χ2n) is 12.2. The molecule has 0 aliphatic heterocycles. The molecule has 0 aromatic heterocycles. The van der Waals surface area contributed by atoms with Crippen LogP contribution in [-0.2, 0) is 27.3 Å². The third-order valence-electron chi connectivity index (χ3n) is 3.79. The first-order valence-electron chi connectivity index (χ1n) is 11.1. The van der Waals surface area contributed by atoms with E-state index in [4.69, 9.17) is 17.2 Å². The molecule has 0 aliphatic rings. The zero-order valence-electron chi connectivity index (χ0n) is 22.1. The van der Waals surface area contributed by atoms with Crippen LogP contribution in [0.2, 0.25) is 78.6 Å². The molecule has 12 heteroatoms. The molecular weight excluding hydrogens is 483 g/mol. The summed E-state index contributed by atoms with van der Waals surface area (Å²) in [4.78, 5) is 0. The Balaban J connectivity index is 5.38. The molecule has 0 saturated carbocycles. The Morgan fingerprint density at radius 2 is 1.00 bits per heavy atom. The fraction of sp³-hybridized carbons (Fsp3) is 1.00. The second kappa shape index (κ2) is 11.8. The van der Waals surface area contributed by atoms with E-state index in [1.807, 2.05) is 19.6 Å². The van der Waals surface area contributed by atoms with Crippen molar-refractivity contribution in [3.8, 4) is 0 Å². The molecule has 0 fully saturated rings. The summed E-state index contributed by atoms with van der Waals surface area (Å²) in [5.74, 6) is -0.00101. The Bertz CT molecular complexity index is 588. The molecule has 0 amide bonds. The van der Waals surface area contributed by atoms with E-state index in [9.17, 15) is 8.42 Å². The van der Waals surface area contributed by atoms with E-state index >= 15 is 0 Å². The second-order valence-corrected chi connectivity index (χ2v) is 32.2. The molecule has 0 spiro atoms. The van der Waals surface area contributed by atoms with Gasteiger partial charge in [0, 0.05) is 0 Å². The number of hydrogen-bond acceptors (Lipinski definition) is 7. The highest BCUT2D eigenvalue weighted by Crippen LogP contribution is 2.18. The number of hydrogen-bond donors (Lipinski definition) is 1. The fourth-order valence-corrected chi connectivity index (χ4v) is 8.37. The van der Waals surface area contributed by atoms with Gasteiger partial charge in [-0.2, -0.15) is 0 Å². The van der Waals surface area contributed by atoms with E-state index in [1.54, 1.807) is 0 Å². The van der Waals surface area contributed by atoms with Gasteiger partial charge in [-0.25, -0.2) is 8.42 Å². The SMILES string of the molecule is C[Si](C)(C)OCC(CO[Si](C)(C)C)(CO[Si](C)(C)C)NCCCS(=O)(=O)O[Si](C)(C)C. The average molecular weight is 532 g/mol. The smallest absolute Gasteiger partial charge is 0.257 e. The summed E-state index contributed by atoms with van der Waals surface area (Å²) in [6, 6.07) is 0. The first-order valence-corrected chi connectivity index (χ1v) is 26.3. The minimum atomic E-state index is -3.52. The molecule has 0 aliphatic carbocycles. The van der Waals surface area contributed by atoms with Crippen LogP contribution in [0.1, 0.15) is 6.42 Å². The van der Waals surface area contributed by atoms with Crippen LogP contribution in [0.4, 0.5) is 0 Å². The number of rotatable bonds is 16. The lowest BCUT2D eigenvalue weighted by Gasteiger charge is -2.40.